The number of carboxylic acids is 1. The topological polar surface area (TPSA) is 87.0 Å². The molecular weight excluding hydrogens is 319 g/mol. The van der Waals surface area contributed by atoms with E-state index >= 15 is 0 Å². The predicted molar refractivity (Wildman–Crippen MR) is 77.5 cm³/mol. The van der Waals surface area contributed by atoms with Gasteiger partial charge < -0.3 is 20.1 Å². The standard InChI is InChI=1S/C14H10Cl2O5/c15-8-3-7(13(18)11(16)4-8)6-21-9-1-2-10(14(19)20)12(17)5-9/h1-5,17-18H,6H2,(H,19,20). The normalized spacial score (nSPS) is 10.4. The Morgan fingerprint density at radius 3 is 2.48 bits per heavy atom. The van der Waals surface area contributed by atoms with Crippen LogP contribution < -0.4 is 4.74 Å². The molecule has 2 aromatic carbocycles. The number of aromatic hydroxyl groups is 2. The second kappa shape index (κ2) is 6.11. The molecule has 0 aromatic heterocycles. The van der Waals surface area contributed by atoms with Gasteiger partial charge in [-0.25, -0.2) is 4.79 Å². The van der Waals surface area contributed by atoms with Gasteiger partial charge in [0, 0.05) is 16.7 Å². The first-order valence-electron chi connectivity index (χ1n) is 5.74. The van der Waals surface area contributed by atoms with Crippen molar-refractivity contribution in [1.82, 2.24) is 0 Å². The highest BCUT2D eigenvalue weighted by atomic mass is 35.5. The van der Waals surface area contributed by atoms with Gasteiger partial charge in [0.15, 0.2) is 0 Å². The van der Waals surface area contributed by atoms with Gasteiger partial charge in [0.25, 0.3) is 0 Å². The molecule has 0 atom stereocenters. The Kier molecular flexibility index (Phi) is 4.45. The molecule has 0 fully saturated rings. The van der Waals surface area contributed by atoms with Crippen molar-refractivity contribution in [1.29, 1.82) is 0 Å². The van der Waals surface area contributed by atoms with E-state index in [1.54, 1.807) is 0 Å². The summed E-state index contributed by atoms with van der Waals surface area (Å²) in [5, 5.41) is 28.6. The van der Waals surface area contributed by atoms with Crippen molar-refractivity contribution in [3.8, 4) is 17.2 Å². The molecule has 0 amide bonds. The molecule has 3 N–H and O–H groups in total. The first-order valence-corrected chi connectivity index (χ1v) is 6.50. The number of aromatic carboxylic acids is 1. The lowest BCUT2D eigenvalue weighted by Crippen LogP contribution is -1.99. The van der Waals surface area contributed by atoms with Crippen molar-refractivity contribution in [3.63, 3.8) is 0 Å². The van der Waals surface area contributed by atoms with Crippen molar-refractivity contribution in [2.75, 3.05) is 0 Å². The third-order valence-corrected chi connectivity index (χ3v) is 3.21. The monoisotopic (exact) mass is 328 g/mol. The molecule has 2 aromatic rings. The third-order valence-electron chi connectivity index (χ3n) is 2.70. The zero-order valence-electron chi connectivity index (χ0n) is 10.5. The van der Waals surface area contributed by atoms with Gasteiger partial charge >= 0.3 is 5.97 Å². The van der Waals surface area contributed by atoms with Crippen LogP contribution >= 0.6 is 23.2 Å². The molecule has 110 valence electrons. The highest BCUT2D eigenvalue weighted by Crippen LogP contribution is 2.32. The second-order valence-electron chi connectivity index (χ2n) is 4.17. The summed E-state index contributed by atoms with van der Waals surface area (Å²) in [4.78, 5) is 10.8. The average molecular weight is 329 g/mol. The van der Waals surface area contributed by atoms with Gasteiger partial charge in [-0.1, -0.05) is 23.2 Å². The summed E-state index contributed by atoms with van der Waals surface area (Å²) in [6, 6.07) is 6.68. The molecule has 0 aliphatic rings. The molecule has 5 nitrogen and oxygen atoms in total. The minimum absolute atomic E-state index is 0.0437. The Hall–Kier alpha value is -2.11. The fourth-order valence-electron chi connectivity index (χ4n) is 1.67. The quantitative estimate of drug-likeness (QED) is 0.796. The Balaban J connectivity index is 2.17. The van der Waals surface area contributed by atoms with E-state index in [9.17, 15) is 15.0 Å². The zero-order chi connectivity index (χ0) is 15.6. The maximum Gasteiger partial charge on any atom is 0.339 e. The summed E-state index contributed by atoms with van der Waals surface area (Å²) in [6.45, 7) is -0.0437. The SMILES string of the molecule is O=C(O)c1ccc(OCc2cc(Cl)cc(Cl)c2O)cc1O. The van der Waals surface area contributed by atoms with Gasteiger partial charge in [-0.15, -0.1) is 0 Å². The summed E-state index contributed by atoms with van der Waals surface area (Å²) >= 11 is 11.6. The van der Waals surface area contributed by atoms with Crippen LogP contribution in [0, 0.1) is 0 Å². The van der Waals surface area contributed by atoms with Gasteiger partial charge in [0.2, 0.25) is 0 Å². The maximum atomic E-state index is 10.8. The lowest BCUT2D eigenvalue weighted by Gasteiger charge is -2.10. The Morgan fingerprint density at radius 2 is 1.86 bits per heavy atom. The third kappa shape index (κ3) is 3.51. The Labute approximate surface area is 129 Å². The number of rotatable bonds is 4. The highest BCUT2D eigenvalue weighted by molar-refractivity contribution is 6.35. The predicted octanol–water partition coefficient (Wildman–Crippen LogP) is 3.68. The molecule has 0 bridgehead atoms. The van der Waals surface area contributed by atoms with Gasteiger partial charge in [0.1, 0.15) is 29.4 Å². The first kappa shape index (κ1) is 15.3. The summed E-state index contributed by atoms with van der Waals surface area (Å²) in [7, 11) is 0. The Bertz CT molecular complexity index is 700. The zero-order valence-corrected chi connectivity index (χ0v) is 12.0. The van der Waals surface area contributed by atoms with E-state index in [0.717, 1.165) is 0 Å². The van der Waals surface area contributed by atoms with E-state index < -0.39 is 11.7 Å². The molecule has 7 heteroatoms. The van der Waals surface area contributed by atoms with Crippen molar-refractivity contribution < 1.29 is 24.9 Å². The van der Waals surface area contributed by atoms with E-state index in [1.807, 2.05) is 0 Å². The molecule has 0 unspecified atom stereocenters. The van der Waals surface area contributed by atoms with Gasteiger partial charge in [0.05, 0.1) is 5.02 Å². The van der Waals surface area contributed by atoms with E-state index in [-0.39, 0.29) is 28.7 Å². The average Bonchev–Trinajstić information content (AvgIpc) is 2.40. The number of halogens is 2. The number of hydrogen-bond acceptors (Lipinski definition) is 4. The van der Waals surface area contributed by atoms with Crippen LogP contribution in [0.15, 0.2) is 30.3 Å². The number of phenolic OH excluding ortho intramolecular Hbond substituents is 1. The second-order valence-corrected chi connectivity index (χ2v) is 5.01. The van der Waals surface area contributed by atoms with Crippen LogP contribution in [0.4, 0.5) is 0 Å². The fourth-order valence-corrected chi connectivity index (χ4v) is 2.21. The molecule has 0 spiro atoms. The van der Waals surface area contributed by atoms with Crippen molar-refractivity contribution in [3.05, 3.63) is 51.5 Å². The van der Waals surface area contributed by atoms with Crippen LogP contribution in [-0.2, 0) is 6.61 Å². The van der Waals surface area contributed by atoms with Gasteiger partial charge in [-0.3, -0.25) is 0 Å². The van der Waals surface area contributed by atoms with E-state index in [1.165, 1.54) is 30.3 Å². The van der Waals surface area contributed by atoms with E-state index in [4.69, 9.17) is 33.0 Å². The molecule has 0 heterocycles. The molecule has 0 saturated carbocycles. The summed E-state index contributed by atoms with van der Waals surface area (Å²) in [6.07, 6.45) is 0. The lowest BCUT2D eigenvalue weighted by molar-refractivity contribution is 0.0693. The van der Waals surface area contributed by atoms with Crippen LogP contribution in [0.3, 0.4) is 0 Å². The minimum Gasteiger partial charge on any atom is -0.507 e. The van der Waals surface area contributed by atoms with Crippen molar-refractivity contribution in [2.24, 2.45) is 0 Å². The largest absolute Gasteiger partial charge is 0.507 e. The number of ether oxygens (including phenoxy) is 1. The number of benzene rings is 2. The van der Waals surface area contributed by atoms with Crippen LogP contribution in [0.2, 0.25) is 10.0 Å². The highest BCUT2D eigenvalue weighted by Gasteiger charge is 2.12. The van der Waals surface area contributed by atoms with Crippen LogP contribution in [0.1, 0.15) is 15.9 Å². The first-order chi connectivity index (χ1) is 9.88. The molecule has 21 heavy (non-hydrogen) atoms. The molecule has 0 saturated heterocycles. The maximum absolute atomic E-state index is 10.8. The number of carbonyl (C=O) groups is 1. The number of hydrogen-bond donors (Lipinski definition) is 3. The molecule has 0 radical (unpaired) electrons. The summed E-state index contributed by atoms with van der Waals surface area (Å²) in [5.41, 5.74) is 0.144. The van der Waals surface area contributed by atoms with E-state index in [0.29, 0.717) is 10.6 Å². The summed E-state index contributed by atoms with van der Waals surface area (Å²) in [5.74, 6) is -1.55. The van der Waals surface area contributed by atoms with E-state index in [2.05, 4.69) is 0 Å². The fraction of sp³-hybridized carbons (Fsp3) is 0.0714. The number of carboxylic acid groups (broad SMARTS) is 1. The minimum atomic E-state index is -1.24. The molecule has 0 aliphatic heterocycles. The summed E-state index contributed by atoms with van der Waals surface area (Å²) < 4.78 is 5.37. The Morgan fingerprint density at radius 1 is 1.14 bits per heavy atom. The number of phenols is 2. The van der Waals surface area contributed by atoms with Crippen LogP contribution in [-0.4, -0.2) is 21.3 Å². The molecular formula is C14H10Cl2O5. The smallest absolute Gasteiger partial charge is 0.339 e. The van der Waals surface area contributed by atoms with Crippen molar-refractivity contribution in [2.45, 2.75) is 6.61 Å². The molecule has 2 rings (SSSR count). The van der Waals surface area contributed by atoms with Crippen LogP contribution in [0.25, 0.3) is 0 Å². The molecule has 0 aliphatic carbocycles. The van der Waals surface area contributed by atoms with Crippen molar-refractivity contribution >= 4 is 29.2 Å². The van der Waals surface area contributed by atoms with Crippen LogP contribution in [0.5, 0.6) is 17.2 Å². The van der Waals surface area contributed by atoms with Gasteiger partial charge in [-0.05, 0) is 24.3 Å². The van der Waals surface area contributed by atoms with Gasteiger partial charge in [-0.2, -0.15) is 0 Å². The lowest BCUT2D eigenvalue weighted by atomic mass is 10.2.